The molecule has 1 N–H and O–H groups in total. The summed E-state index contributed by atoms with van der Waals surface area (Å²) in [5, 5.41) is 8.65. The van der Waals surface area contributed by atoms with Crippen LogP contribution >= 0.6 is 11.3 Å². The van der Waals surface area contributed by atoms with Crippen molar-refractivity contribution >= 4 is 21.4 Å². The average Bonchev–Trinajstić information content (AvgIpc) is 3.13. The number of fused-ring (bicyclic) bond motifs is 1. The first-order chi connectivity index (χ1) is 10.9. The molecule has 22 heavy (non-hydrogen) atoms. The van der Waals surface area contributed by atoms with Gasteiger partial charge in [-0.1, -0.05) is 11.3 Å². The van der Waals surface area contributed by atoms with Crippen molar-refractivity contribution in [1.29, 1.82) is 0 Å². The highest BCUT2D eigenvalue weighted by atomic mass is 32.1. The van der Waals surface area contributed by atoms with Crippen molar-refractivity contribution in [2.45, 2.75) is 6.54 Å². The summed E-state index contributed by atoms with van der Waals surface area (Å²) in [7, 11) is 0. The molecule has 4 aromatic heterocycles. The van der Waals surface area contributed by atoms with Gasteiger partial charge >= 0.3 is 0 Å². The lowest BCUT2D eigenvalue weighted by molar-refractivity contribution is 0.961. The summed E-state index contributed by atoms with van der Waals surface area (Å²) in [6.07, 6.45) is 9.04. The van der Waals surface area contributed by atoms with Crippen LogP contribution in [0, 0.1) is 0 Å². The third-order valence-corrected chi connectivity index (χ3v) is 4.07. The summed E-state index contributed by atoms with van der Waals surface area (Å²) in [5.41, 5.74) is 3.04. The van der Waals surface area contributed by atoms with Crippen LogP contribution in [0.1, 0.15) is 5.56 Å². The molecular formula is C15H12N6S. The topological polar surface area (TPSA) is 68.0 Å². The highest BCUT2D eigenvalue weighted by molar-refractivity contribution is 7.20. The Morgan fingerprint density at radius 2 is 2.00 bits per heavy atom. The maximum absolute atomic E-state index is 4.59. The molecule has 0 unspecified atom stereocenters. The summed E-state index contributed by atoms with van der Waals surface area (Å²) in [6, 6.07) is 7.85. The second-order valence-electron chi connectivity index (χ2n) is 4.71. The van der Waals surface area contributed by atoms with E-state index in [9.17, 15) is 0 Å². The highest BCUT2D eigenvalue weighted by Crippen LogP contribution is 2.24. The lowest BCUT2D eigenvalue weighted by atomic mass is 10.2. The number of hydrogen-bond donors (Lipinski definition) is 1. The quantitative estimate of drug-likeness (QED) is 0.628. The second-order valence-corrected chi connectivity index (χ2v) is 5.67. The van der Waals surface area contributed by atoms with Crippen LogP contribution in [0.25, 0.3) is 16.2 Å². The van der Waals surface area contributed by atoms with Crippen LogP contribution in [-0.4, -0.2) is 24.6 Å². The molecule has 0 saturated carbocycles. The summed E-state index contributed by atoms with van der Waals surface area (Å²) in [4.78, 5) is 13.6. The van der Waals surface area contributed by atoms with E-state index in [-0.39, 0.29) is 0 Å². The molecule has 4 aromatic rings. The lowest BCUT2D eigenvalue weighted by Crippen LogP contribution is -1.99. The highest BCUT2D eigenvalue weighted by Gasteiger charge is 2.09. The van der Waals surface area contributed by atoms with Crippen molar-refractivity contribution in [1.82, 2.24) is 24.6 Å². The lowest BCUT2D eigenvalue weighted by Gasteiger charge is -2.00. The number of nitrogens with zero attached hydrogens (tertiary/aromatic N) is 5. The van der Waals surface area contributed by atoms with Gasteiger partial charge in [0.2, 0.25) is 10.1 Å². The largest absolute Gasteiger partial charge is 0.356 e. The normalized spacial score (nSPS) is 10.9. The molecule has 108 valence electrons. The molecule has 0 fully saturated rings. The van der Waals surface area contributed by atoms with E-state index >= 15 is 0 Å². The molecule has 0 atom stereocenters. The Bertz CT molecular complexity index is 853. The number of nitrogens with one attached hydrogen (secondary N) is 1. The van der Waals surface area contributed by atoms with Gasteiger partial charge in [0.05, 0.1) is 11.9 Å². The van der Waals surface area contributed by atoms with Gasteiger partial charge in [0.15, 0.2) is 0 Å². The molecule has 0 amide bonds. The van der Waals surface area contributed by atoms with Crippen molar-refractivity contribution < 1.29 is 0 Å². The Balaban J connectivity index is 1.54. The molecule has 0 aliphatic rings. The van der Waals surface area contributed by atoms with Crippen molar-refractivity contribution in [3.8, 4) is 11.3 Å². The van der Waals surface area contributed by atoms with Crippen LogP contribution in [0.15, 0.2) is 55.2 Å². The number of pyridine rings is 2. The van der Waals surface area contributed by atoms with Crippen LogP contribution in [0.5, 0.6) is 0 Å². The Hall–Kier alpha value is -2.80. The molecule has 7 heteroatoms. The Kier molecular flexibility index (Phi) is 3.24. The van der Waals surface area contributed by atoms with E-state index in [1.54, 1.807) is 29.3 Å². The van der Waals surface area contributed by atoms with Gasteiger partial charge < -0.3 is 5.32 Å². The van der Waals surface area contributed by atoms with Crippen molar-refractivity contribution in [3.05, 3.63) is 60.8 Å². The average molecular weight is 308 g/mol. The fourth-order valence-electron chi connectivity index (χ4n) is 2.10. The van der Waals surface area contributed by atoms with Gasteiger partial charge in [0, 0.05) is 36.9 Å². The Labute approximate surface area is 130 Å². The van der Waals surface area contributed by atoms with E-state index in [0.717, 1.165) is 21.3 Å². The van der Waals surface area contributed by atoms with Crippen LogP contribution in [0.2, 0.25) is 0 Å². The maximum Gasteiger partial charge on any atom is 0.214 e. The van der Waals surface area contributed by atoms with Gasteiger partial charge in [-0.15, -0.1) is 5.10 Å². The van der Waals surface area contributed by atoms with Gasteiger partial charge in [-0.25, -0.2) is 9.50 Å². The summed E-state index contributed by atoms with van der Waals surface area (Å²) in [5.74, 6) is 0. The SMILES string of the molecule is c1cncc(-c2cn3nc(NCc4ccncc4)sc3n2)c1. The predicted octanol–water partition coefficient (Wildman–Crippen LogP) is 2.86. The Morgan fingerprint density at radius 3 is 2.77 bits per heavy atom. The summed E-state index contributed by atoms with van der Waals surface area (Å²) < 4.78 is 1.79. The zero-order valence-electron chi connectivity index (χ0n) is 11.5. The molecule has 0 spiro atoms. The van der Waals surface area contributed by atoms with Crippen LogP contribution < -0.4 is 5.32 Å². The minimum absolute atomic E-state index is 0.717. The van der Waals surface area contributed by atoms with Gasteiger partial charge in [-0.3, -0.25) is 9.97 Å². The van der Waals surface area contributed by atoms with E-state index in [4.69, 9.17) is 0 Å². The maximum atomic E-state index is 4.59. The smallest absolute Gasteiger partial charge is 0.214 e. The zero-order valence-corrected chi connectivity index (χ0v) is 12.4. The van der Waals surface area contributed by atoms with E-state index in [0.29, 0.717) is 6.54 Å². The van der Waals surface area contributed by atoms with E-state index in [2.05, 4.69) is 25.4 Å². The number of imidazole rings is 1. The van der Waals surface area contributed by atoms with Crippen LogP contribution in [-0.2, 0) is 6.54 Å². The van der Waals surface area contributed by atoms with Crippen LogP contribution in [0.4, 0.5) is 5.13 Å². The number of rotatable bonds is 4. The molecule has 0 aliphatic carbocycles. The van der Waals surface area contributed by atoms with E-state index in [1.165, 1.54) is 16.9 Å². The van der Waals surface area contributed by atoms with Gasteiger partial charge in [-0.2, -0.15) is 0 Å². The monoisotopic (exact) mass is 308 g/mol. The third kappa shape index (κ3) is 2.53. The fraction of sp³-hybridized carbons (Fsp3) is 0.0667. The van der Waals surface area contributed by atoms with Gasteiger partial charge in [-0.05, 0) is 29.8 Å². The molecule has 0 radical (unpaired) electrons. The minimum Gasteiger partial charge on any atom is -0.356 e. The third-order valence-electron chi connectivity index (χ3n) is 3.19. The predicted molar refractivity (Wildman–Crippen MR) is 85.7 cm³/mol. The first-order valence-corrected chi connectivity index (χ1v) is 7.59. The minimum atomic E-state index is 0.717. The second kappa shape index (κ2) is 5.53. The molecule has 0 bridgehead atoms. The van der Waals surface area contributed by atoms with Crippen LogP contribution in [0.3, 0.4) is 0 Å². The molecule has 0 saturated heterocycles. The van der Waals surface area contributed by atoms with Gasteiger partial charge in [0.1, 0.15) is 0 Å². The number of aromatic nitrogens is 5. The Morgan fingerprint density at radius 1 is 1.09 bits per heavy atom. The first-order valence-electron chi connectivity index (χ1n) is 6.78. The van der Waals surface area contributed by atoms with Gasteiger partial charge in [0.25, 0.3) is 0 Å². The first kappa shape index (κ1) is 12.9. The molecular weight excluding hydrogens is 296 g/mol. The van der Waals surface area contributed by atoms with Crippen molar-refractivity contribution in [2.24, 2.45) is 0 Å². The molecule has 4 heterocycles. The van der Waals surface area contributed by atoms with E-state index < -0.39 is 0 Å². The molecule has 4 rings (SSSR count). The molecule has 6 nitrogen and oxygen atoms in total. The fourth-order valence-corrected chi connectivity index (χ4v) is 2.88. The molecule has 0 aliphatic heterocycles. The number of anilines is 1. The zero-order chi connectivity index (χ0) is 14.8. The summed E-state index contributed by atoms with van der Waals surface area (Å²) in [6.45, 7) is 0.717. The summed E-state index contributed by atoms with van der Waals surface area (Å²) >= 11 is 1.53. The van der Waals surface area contributed by atoms with E-state index in [1.807, 2.05) is 30.5 Å². The number of hydrogen-bond acceptors (Lipinski definition) is 6. The molecule has 0 aromatic carbocycles. The van der Waals surface area contributed by atoms with Crippen molar-refractivity contribution in [2.75, 3.05) is 5.32 Å². The standard InChI is InChI=1S/C15H12N6S/c1-2-12(9-17-5-1)13-10-21-15(19-13)22-14(20-21)18-8-11-3-6-16-7-4-11/h1-7,9-10H,8H2,(H,18,20). The van der Waals surface area contributed by atoms with Crippen molar-refractivity contribution in [3.63, 3.8) is 0 Å².